The lowest BCUT2D eigenvalue weighted by molar-refractivity contribution is -0.274. The molecule has 1 aromatic carbocycles. The Kier molecular flexibility index (Phi) is 8.18. The third-order valence-corrected chi connectivity index (χ3v) is 5.86. The van der Waals surface area contributed by atoms with Gasteiger partial charge in [0.2, 0.25) is 11.8 Å². The van der Waals surface area contributed by atoms with E-state index in [1.54, 1.807) is 12.3 Å². The molecule has 4 rings (SSSR count). The first-order chi connectivity index (χ1) is 17.3. The molecular weight excluding hydrogens is 483 g/mol. The van der Waals surface area contributed by atoms with Gasteiger partial charge in [0.1, 0.15) is 17.6 Å². The monoisotopic (exact) mass is 511 g/mol. The molecule has 1 aliphatic carbocycles. The van der Waals surface area contributed by atoms with Crippen LogP contribution in [-0.4, -0.2) is 67.9 Å². The number of urea groups is 1. The van der Waals surface area contributed by atoms with Gasteiger partial charge < -0.3 is 34.5 Å². The fourth-order valence-electron chi connectivity index (χ4n) is 4.14. The summed E-state index contributed by atoms with van der Waals surface area (Å²) >= 11 is 0. The maximum atomic E-state index is 12.5. The Hall–Kier alpha value is -3.48. The van der Waals surface area contributed by atoms with Gasteiger partial charge in [0.05, 0.1) is 26.0 Å². The van der Waals surface area contributed by atoms with Crippen molar-refractivity contribution >= 4 is 17.7 Å². The number of carbonyl (C=O) groups is 1. The Balaban J connectivity index is 1.26. The number of amides is 2. The van der Waals surface area contributed by atoms with Crippen LogP contribution in [0, 0.1) is 0 Å². The fourth-order valence-corrected chi connectivity index (χ4v) is 4.14. The second-order valence-electron chi connectivity index (χ2n) is 8.39. The Bertz CT molecular complexity index is 1030. The number of hydrogen-bond acceptors (Lipinski definition) is 8. The van der Waals surface area contributed by atoms with Crippen LogP contribution in [0.25, 0.3) is 0 Å². The second-order valence-corrected chi connectivity index (χ2v) is 8.39. The zero-order valence-electron chi connectivity index (χ0n) is 19.7. The summed E-state index contributed by atoms with van der Waals surface area (Å²) in [5, 5.41) is 5.39. The lowest BCUT2D eigenvalue weighted by Crippen LogP contribution is -2.41. The van der Waals surface area contributed by atoms with Crippen molar-refractivity contribution in [1.82, 2.24) is 15.3 Å². The normalized spacial score (nSPS) is 20.4. The highest BCUT2D eigenvalue weighted by Crippen LogP contribution is 2.32. The van der Waals surface area contributed by atoms with Gasteiger partial charge in [-0.25, -0.2) is 9.78 Å². The molecule has 2 aromatic rings. The summed E-state index contributed by atoms with van der Waals surface area (Å²) in [5.74, 6) is 0.868. The molecule has 0 spiro atoms. The minimum atomic E-state index is -4.84. The molecule has 2 amide bonds. The highest BCUT2D eigenvalue weighted by atomic mass is 19.4. The molecular formula is C23H28F3N5O5. The summed E-state index contributed by atoms with van der Waals surface area (Å²) in [6.45, 7) is 2.73. The molecule has 1 saturated heterocycles. The molecule has 1 aliphatic heterocycles. The molecule has 2 N–H and O–H groups in total. The van der Waals surface area contributed by atoms with Crippen LogP contribution in [0.4, 0.5) is 29.6 Å². The first-order valence-electron chi connectivity index (χ1n) is 11.6. The maximum Gasteiger partial charge on any atom is 0.573 e. The van der Waals surface area contributed by atoms with E-state index in [-0.39, 0.29) is 23.6 Å². The van der Waals surface area contributed by atoms with Gasteiger partial charge in [-0.1, -0.05) is 0 Å². The van der Waals surface area contributed by atoms with E-state index in [4.69, 9.17) is 14.2 Å². The molecule has 196 valence electrons. The lowest BCUT2D eigenvalue weighted by Gasteiger charge is -2.30. The number of alkyl halides is 3. The number of ether oxygens (including phenoxy) is 4. The van der Waals surface area contributed by atoms with Gasteiger partial charge in [-0.2, -0.15) is 4.98 Å². The standard InChI is InChI=1S/C23H28F3N5O5/c1-33-19-7-6-17(36-23(24,25)26)14-18(19)29-22(32)28-15-2-4-16(5-3-15)35-20-8-9-27-21(30-20)31-10-12-34-13-11-31/h6-9,14-16H,2-5,10-13H2,1H3,(H2,28,29,32)/t15-,16-. The Morgan fingerprint density at radius 3 is 2.58 bits per heavy atom. The number of halogens is 3. The minimum Gasteiger partial charge on any atom is -0.495 e. The van der Waals surface area contributed by atoms with Crippen molar-refractivity contribution in [1.29, 1.82) is 0 Å². The fraction of sp³-hybridized carbons (Fsp3) is 0.522. The van der Waals surface area contributed by atoms with E-state index in [0.717, 1.165) is 25.2 Å². The molecule has 1 aromatic heterocycles. The summed E-state index contributed by atoms with van der Waals surface area (Å²) in [7, 11) is 1.35. The van der Waals surface area contributed by atoms with E-state index in [9.17, 15) is 18.0 Å². The van der Waals surface area contributed by atoms with Crippen LogP contribution in [0.2, 0.25) is 0 Å². The van der Waals surface area contributed by atoms with Gasteiger partial charge in [-0.05, 0) is 37.8 Å². The van der Waals surface area contributed by atoms with Gasteiger partial charge in [-0.15, -0.1) is 13.2 Å². The number of nitrogens with one attached hydrogen (secondary N) is 2. The topological polar surface area (TPSA) is 107 Å². The largest absolute Gasteiger partial charge is 0.573 e. The van der Waals surface area contributed by atoms with Gasteiger partial charge in [-0.3, -0.25) is 0 Å². The molecule has 1 saturated carbocycles. The summed E-state index contributed by atoms with van der Waals surface area (Å²) in [6.07, 6.45) is -0.449. The highest BCUT2D eigenvalue weighted by molar-refractivity contribution is 5.91. The molecule has 0 unspecified atom stereocenters. The minimum absolute atomic E-state index is 0.0464. The van der Waals surface area contributed by atoms with E-state index in [1.165, 1.54) is 13.2 Å². The van der Waals surface area contributed by atoms with Crippen molar-refractivity contribution in [3.05, 3.63) is 30.5 Å². The number of morpholine rings is 1. The molecule has 2 fully saturated rings. The summed E-state index contributed by atoms with van der Waals surface area (Å²) in [4.78, 5) is 23.4. The van der Waals surface area contributed by atoms with E-state index >= 15 is 0 Å². The summed E-state index contributed by atoms with van der Waals surface area (Å²) < 4.78 is 58.0. The van der Waals surface area contributed by atoms with Crippen LogP contribution >= 0.6 is 0 Å². The van der Waals surface area contributed by atoms with Crippen molar-refractivity contribution in [2.45, 2.75) is 44.2 Å². The van der Waals surface area contributed by atoms with Gasteiger partial charge in [0, 0.05) is 37.5 Å². The van der Waals surface area contributed by atoms with Crippen molar-refractivity contribution in [2.75, 3.05) is 43.6 Å². The molecule has 0 bridgehead atoms. The number of nitrogens with zero attached hydrogens (tertiary/aromatic N) is 3. The number of benzene rings is 1. The molecule has 10 nitrogen and oxygen atoms in total. The molecule has 2 heterocycles. The van der Waals surface area contributed by atoms with Crippen molar-refractivity contribution < 1.29 is 36.9 Å². The average Bonchev–Trinajstić information content (AvgIpc) is 2.85. The zero-order valence-corrected chi connectivity index (χ0v) is 19.7. The van der Waals surface area contributed by atoms with Crippen molar-refractivity contribution in [2.24, 2.45) is 0 Å². The number of rotatable bonds is 7. The predicted octanol–water partition coefficient (Wildman–Crippen LogP) is 3.73. The van der Waals surface area contributed by atoms with Crippen molar-refractivity contribution in [3.8, 4) is 17.4 Å². The van der Waals surface area contributed by atoms with E-state index in [2.05, 4.69) is 30.2 Å². The highest BCUT2D eigenvalue weighted by Gasteiger charge is 2.31. The zero-order chi connectivity index (χ0) is 25.5. The van der Waals surface area contributed by atoms with Crippen LogP contribution in [0.5, 0.6) is 17.4 Å². The molecule has 2 aliphatic rings. The molecule has 0 atom stereocenters. The van der Waals surface area contributed by atoms with Gasteiger partial charge >= 0.3 is 12.4 Å². The lowest BCUT2D eigenvalue weighted by atomic mass is 9.93. The van der Waals surface area contributed by atoms with E-state index < -0.39 is 18.1 Å². The first-order valence-corrected chi connectivity index (χ1v) is 11.6. The van der Waals surface area contributed by atoms with Crippen LogP contribution in [-0.2, 0) is 4.74 Å². The summed E-state index contributed by atoms with van der Waals surface area (Å²) in [6, 6.07) is 4.53. The van der Waals surface area contributed by atoms with E-state index in [0.29, 0.717) is 50.7 Å². The van der Waals surface area contributed by atoms with Crippen LogP contribution in [0.15, 0.2) is 30.5 Å². The number of methoxy groups -OCH3 is 1. The first kappa shape index (κ1) is 25.6. The van der Waals surface area contributed by atoms with Crippen LogP contribution in [0.3, 0.4) is 0 Å². The Morgan fingerprint density at radius 2 is 1.89 bits per heavy atom. The number of carbonyl (C=O) groups excluding carboxylic acids is 1. The third kappa shape index (κ3) is 7.26. The predicted molar refractivity (Wildman–Crippen MR) is 124 cm³/mol. The average molecular weight is 512 g/mol. The SMILES string of the molecule is COc1ccc(OC(F)(F)F)cc1NC(=O)N[C@H]1CC[C@H](Oc2ccnc(N3CCOCC3)n2)CC1. The number of anilines is 2. The number of hydrogen-bond donors (Lipinski definition) is 2. The maximum absolute atomic E-state index is 12.5. The molecule has 13 heteroatoms. The van der Waals surface area contributed by atoms with Gasteiger partial charge in [0.25, 0.3) is 0 Å². The van der Waals surface area contributed by atoms with Crippen LogP contribution in [0.1, 0.15) is 25.7 Å². The Morgan fingerprint density at radius 1 is 1.14 bits per heavy atom. The quantitative estimate of drug-likeness (QED) is 0.579. The number of aromatic nitrogens is 2. The molecule has 36 heavy (non-hydrogen) atoms. The summed E-state index contributed by atoms with van der Waals surface area (Å²) in [5.41, 5.74) is 0.0635. The van der Waals surface area contributed by atoms with Gasteiger partial charge in [0.15, 0.2) is 0 Å². The van der Waals surface area contributed by atoms with E-state index in [1.807, 2.05) is 0 Å². The Labute approximate surface area is 206 Å². The smallest absolute Gasteiger partial charge is 0.495 e. The third-order valence-electron chi connectivity index (χ3n) is 5.86. The van der Waals surface area contributed by atoms with Crippen LogP contribution < -0.4 is 29.7 Å². The second kappa shape index (κ2) is 11.5. The molecule has 0 radical (unpaired) electrons. The van der Waals surface area contributed by atoms with Crippen molar-refractivity contribution in [3.63, 3.8) is 0 Å².